The van der Waals surface area contributed by atoms with Crippen molar-refractivity contribution < 1.29 is 9.85 Å². The van der Waals surface area contributed by atoms with Crippen molar-refractivity contribution in [2.75, 3.05) is 0 Å². The van der Waals surface area contributed by atoms with Crippen LogP contribution in [0.2, 0.25) is 0 Å². The summed E-state index contributed by atoms with van der Waals surface area (Å²) in [6.45, 7) is 2.10. The Balaban J connectivity index is 2.02. The molecule has 120 valence electrons. The molecule has 0 aromatic heterocycles. The lowest BCUT2D eigenvalue weighted by Gasteiger charge is -2.15. The van der Waals surface area contributed by atoms with Crippen LogP contribution in [0.15, 0.2) is 48.5 Å². The van der Waals surface area contributed by atoms with Gasteiger partial charge in [0.25, 0.3) is 11.4 Å². The van der Waals surface area contributed by atoms with E-state index in [9.17, 15) is 20.2 Å². The summed E-state index contributed by atoms with van der Waals surface area (Å²) in [6, 6.07) is 13.2. The van der Waals surface area contributed by atoms with Gasteiger partial charge in [0.05, 0.1) is 9.85 Å². The molecule has 0 bridgehead atoms. The van der Waals surface area contributed by atoms with Gasteiger partial charge < -0.3 is 0 Å². The van der Waals surface area contributed by atoms with E-state index in [0.29, 0.717) is 5.92 Å². The number of nitro benzene ring substituents is 2. The van der Waals surface area contributed by atoms with Crippen molar-refractivity contribution in [1.29, 1.82) is 0 Å². The fourth-order valence-corrected chi connectivity index (χ4v) is 2.54. The normalized spacial score (nSPS) is 10.7. The molecule has 0 saturated carbocycles. The molecule has 0 atom stereocenters. The smallest absolute Gasteiger partial charge is 0.258 e. The van der Waals surface area contributed by atoms with Crippen LogP contribution in [-0.2, 0) is 12.8 Å². The molecule has 0 radical (unpaired) electrons. The first-order valence-corrected chi connectivity index (χ1v) is 7.46. The molecule has 6 nitrogen and oxygen atoms in total. The Morgan fingerprint density at radius 3 is 1.39 bits per heavy atom. The van der Waals surface area contributed by atoms with Gasteiger partial charge in [-0.05, 0) is 29.9 Å². The number of benzene rings is 2. The second kappa shape index (κ2) is 7.49. The number of hydrogen-bond donors (Lipinski definition) is 0. The van der Waals surface area contributed by atoms with Gasteiger partial charge in [-0.3, -0.25) is 20.2 Å². The Bertz CT molecular complexity index is 621. The van der Waals surface area contributed by atoms with E-state index in [4.69, 9.17) is 0 Å². The summed E-state index contributed by atoms with van der Waals surface area (Å²) in [6.07, 6.45) is 2.62. The zero-order chi connectivity index (χ0) is 16.8. The van der Waals surface area contributed by atoms with E-state index in [1.807, 2.05) is 0 Å². The SMILES string of the molecule is CCC(Cc1ccc([N+](=O)[O-])cc1)Cc1ccc([N+](=O)[O-])cc1. The van der Waals surface area contributed by atoms with Crippen LogP contribution in [0.5, 0.6) is 0 Å². The highest BCUT2D eigenvalue weighted by molar-refractivity contribution is 5.34. The van der Waals surface area contributed by atoms with E-state index in [1.165, 1.54) is 24.3 Å². The Hall–Kier alpha value is -2.76. The van der Waals surface area contributed by atoms with Gasteiger partial charge in [0.2, 0.25) is 0 Å². The largest absolute Gasteiger partial charge is 0.269 e. The van der Waals surface area contributed by atoms with Gasteiger partial charge in [-0.2, -0.15) is 0 Å². The second-order valence-corrected chi connectivity index (χ2v) is 5.53. The number of nitro groups is 2. The summed E-state index contributed by atoms with van der Waals surface area (Å²) in [4.78, 5) is 20.5. The Labute approximate surface area is 134 Å². The van der Waals surface area contributed by atoms with Crippen molar-refractivity contribution in [2.45, 2.75) is 26.2 Å². The third kappa shape index (κ3) is 4.60. The molecular formula is C17H18N2O4. The molecule has 0 N–H and O–H groups in total. The van der Waals surface area contributed by atoms with Gasteiger partial charge in [0.15, 0.2) is 0 Å². The molecule has 2 aromatic rings. The highest BCUT2D eigenvalue weighted by Crippen LogP contribution is 2.21. The zero-order valence-corrected chi connectivity index (χ0v) is 12.8. The molecule has 0 aliphatic heterocycles. The molecule has 0 amide bonds. The van der Waals surface area contributed by atoms with E-state index in [2.05, 4.69) is 6.92 Å². The van der Waals surface area contributed by atoms with Crippen LogP contribution < -0.4 is 0 Å². The standard InChI is InChI=1S/C17H18N2O4/c1-2-13(11-14-3-7-16(8-4-14)18(20)21)12-15-5-9-17(10-6-15)19(22)23/h3-10,13H,2,11-12H2,1H3. The highest BCUT2D eigenvalue weighted by Gasteiger charge is 2.12. The van der Waals surface area contributed by atoms with E-state index in [1.54, 1.807) is 24.3 Å². The van der Waals surface area contributed by atoms with Crippen molar-refractivity contribution >= 4 is 11.4 Å². The van der Waals surface area contributed by atoms with Crippen LogP contribution in [-0.4, -0.2) is 9.85 Å². The molecule has 0 saturated heterocycles. The van der Waals surface area contributed by atoms with Gasteiger partial charge in [-0.25, -0.2) is 0 Å². The van der Waals surface area contributed by atoms with Crippen LogP contribution in [0.1, 0.15) is 24.5 Å². The van der Waals surface area contributed by atoms with Crippen molar-refractivity contribution in [3.8, 4) is 0 Å². The van der Waals surface area contributed by atoms with Crippen molar-refractivity contribution in [3.05, 3.63) is 79.9 Å². The first-order valence-electron chi connectivity index (χ1n) is 7.46. The number of hydrogen-bond acceptors (Lipinski definition) is 4. The van der Waals surface area contributed by atoms with Gasteiger partial charge in [0, 0.05) is 24.3 Å². The molecular weight excluding hydrogens is 296 g/mol. The fourth-order valence-electron chi connectivity index (χ4n) is 2.54. The van der Waals surface area contributed by atoms with Crippen molar-refractivity contribution in [3.63, 3.8) is 0 Å². The summed E-state index contributed by atoms with van der Waals surface area (Å²) in [7, 11) is 0. The summed E-state index contributed by atoms with van der Waals surface area (Å²) in [5.74, 6) is 0.387. The highest BCUT2D eigenvalue weighted by atomic mass is 16.6. The van der Waals surface area contributed by atoms with E-state index >= 15 is 0 Å². The molecule has 2 aromatic carbocycles. The minimum absolute atomic E-state index is 0.0946. The van der Waals surface area contributed by atoms with E-state index < -0.39 is 9.85 Å². The Kier molecular flexibility index (Phi) is 5.41. The maximum atomic E-state index is 10.7. The van der Waals surface area contributed by atoms with Crippen LogP contribution >= 0.6 is 0 Å². The Morgan fingerprint density at radius 2 is 1.13 bits per heavy atom. The van der Waals surface area contributed by atoms with E-state index in [-0.39, 0.29) is 11.4 Å². The molecule has 6 heteroatoms. The van der Waals surface area contributed by atoms with Crippen LogP contribution in [0, 0.1) is 26.1 Å². The van der Waals surface area contributed by atoms with Gasteiger partial charge in [0.1, 0.15) is 0 Å². The predicted molar refractivity (Wildman–Crippen MR) is 87.4 cm³/mol. The molecule has 2 rings (SSSR count). The maximum Gasteiger partial charge on any atom is 0.269 e. The lowest BCUT2D eigenvalue weighted by Crippen LogP contribution is -2.07. The lowest BCUT2D eigenvalue weighted by atomic mass is 9.90. The molecule has 0 unspecified atom stereocenters. The number of non-ortho nitro benzene ring substituents is 2. The molecule has 0 aliphatic rings. The Morgan fingerprint density at radius 1 is 0.783 bits per heavy atom. The number of nitrogens with zero attached hydrogens (tertiary/aromatic N) is 2. The van der Waals surface area contributed by atoms with Crippen molar-refractivity contribution in [1.82, 2.24) is 0 Å². The molecule has 0 heterocycles. The average Bonchev–Trinajstić information content (AvgIpc) is 2.55. The van der Waals surface area contributed by atoms with E-state index in [0.717, 1.165) is 30.4 Å². The number of rotatable bonds is 7. The van der Waals surface area contributed by atoms with Crippen LogP contribution in [0.25, 0.3) is 0 Å². The minimum Gasteiger partial charge on any atom is -0.258 e. The minimum atomic E-state index is -0.405. The first kappa shape index (κ1) is 16.6. The van der Waals surface area contributed by atoms with Gasteiger partial charge in [-0.15, -0.1) is 0 Å². The average molecular weight is 314 g/mol. The molecule has 0 aliphatic carbocycles. The summed E-state index contributed by atoms with van der Waals surface area (Å²) in [5.41, 5.74) is 2.31. The van der Waals surface area contributed by atoms with Gasteiger partial charge in [-0.1, -0.05) is 37.6 Å². The monoisotopic (exact) mass is 314 g/mol. The summed E-state index contributed by atoms with van der Waals surface area (Å²) < 4.78 is 0. The van der Waals surface area contributed by atoms with Gasteiger partial charge >= 0.3 is 0 Å². The third-order valence-corrected chi connectivity index (χ3v) is 3.92. The maximum absolute atomic E-state index is 10.7. The summed E-state index contributed by atoms with van der Waals surface area (Å²) >= 11 is 0. The quantitative estimate of drug-likeness (QED) is 0.562. The second-order valence-electron chi connectivity index (χ2n) is 5.53. The fraction of sp³-hybridized carbons (Fsp3) is 0.294. The topological polar surface area (TPSA) is 86.3 Å². The molecule has 23 heavy (non-hydrogen) atoms. The van der Waals surface area contributed by atoms with Crippen molar-refractivity contribution in [2.24, 2.45) is 5.92 Å². The first-order chi connectivity index (χ1) is 11.0. The predicted octanol–water partition coefficient (Wildman–Crippen LogP) is 4.31. The van der Waals surface area contributed by atoms with Crippen LogP contribution in [0.3, 0.4) is 0 Å². The van der Waals surface area contributed by atoms with Crippen LogP contribution in [0.4, 0.5) is 11.4 Å². The molecule has 0 spiro atoms. The summed E-state index contributed by atoms with van der Waals surface area (Å²) in [5, 5.41) is 21.3. The zero-order valence-electron chi connectivity index (χ0n) is 12.8. The lowest BCUT2D eigenvalue weighted by molar-refractivity contribution is -0.385. The third-order valence-electron chi connectivity index (χ3n) is 3.92. The molecule has 0 fully saturated rings.